The topological polar surface area (TPSA) is 58.8 Å². The molecule has 192 valence electrons. The molecule has 1 fully saturated rings. The zero-order chi connectivity index (χ0) is 25.7. The average Bonchev–Trinajstić information content (AvgIpc) is 3.40. The Bertz CT molecular complexity index is 1140. The van der Waals surface area contributed by atoms with E-state index in [1.54, 1.807) is 18.4 Å². The van der Waals surface area contributed by atoms with Gasteiger partial charge in [-0.05, 0) is 110 Å². The van der Waals surface area contributed by atoms with Crippen molar-refractivity contribution >= 4 is 22.9 Å². The number of carbonyl (C=O) groups excluding carboxylic acids is 1. The van der Waals surface area contributed by atoms with Crippen molar-refractivity contribution in [2.75, 3.05) is 25.1 Å². The fraction of sp³-hybridized carbons (Fsp3) is 0.433. The first-order valence-corrected chi connectivity index (χ1v) is 13.9. The summed E-state index contributed by atoms with van der Waals surface area (Å²) in [5.74, 6) is 0.565. The minimum Gasteiger partial charge on any atom is -0.497 e. The molecule has 0 spiro atoms. The summed E-state index contributed by atoms with van der Waals surface area (Å²) in [6, 6.07) is 15.9. The number of amides is 1. The molecule has 0 bridgehead atoms. The van der Waals surface area contributed by atoms with Crippen LogP contribution in [0.4, 0.5) is 5.69 Å². The van der Waals surface area contributed by atoms with E-state index in [2.05, 4.69) is 63.9 Å². The van der Waals surface area contributed by atoms with Crippen molar-refractivity contribution in [3.05, 3.63) is 81.0 Å². The van der Waals surface area contributed by atoms with Gasteiger partial charge in [0, 0.05) is 43.0 Å². The molecule has 2 N–H and O–H groups in total. The lowest BCUT2D eigenvalue weighted by molar-refractivity contribution is 0.0999. The Morgan fingerprint density at radius 3 is 2.47 bits per heavy atom. The van der Waals surface area contributed by atoms with E-state index in [9.17, 15) is 4.79 Å². The third-order valence-corrected chi connectivity index (χ3v) is 8.50. The van der Waals surface area contributed by atoms with Gasteiger partial charge in [-0.3, -0.25) is 4.79 Å². The van der Waals surface area contributed by atoms with Crippen LogP contribution >= 0.6 is 11.3 Å². The summed E-state index contributed by atoms with van der Waals surface area (Å²) < 4.78 is 5.38. The van der Waals surface area contributed by atoms with Gasteiger partial charge in [-0.15, -0.1) is 0 Å². The summed E-state index contributed by atoms with van der Waals surface area (Å²) in [5.41, 5.74) is 12.2. The number of likely N-dealkylation sites (tertiary alicyclic amines) is 1. The van der Waals surface area contributed by atoms with Crippen LogP contribution in [0.5, 0.6) is 5.75 Å². The highest BCUT2D eigenvalue weighted by Gasteiger charge is 2.27. The zero-order valence-electron chi connectivity index (χ0n) is 22.0. The van der Waals surface area contributed by atoms with Crippen LogP contribution in [0, 0.1) is 13.8 Å². The number of hydrogen-bond acceptors (Lipinski definition) is 5. The maximum atomic E-state index is 11.9. The van der Waals surface area contributed by atoms with Crippen LogP contribution in [0.1, 0.15) is 58.8 Å². The van der Waals surface area contributed by atoms with Gasteiger partial charge in [-0.25, -0.2) is 0 Å². The van der Waals surface area contributed by atoms with Crippen molar-refractivity contribution in [1.82, 2.24) is 4.90 Å². The van der Waals surface area contributed by atoms with E-state index in [1.165, 1.54) is 16.8 Å². The van der Waals surface area contributed by atoms with Crippen molar-refractivity contribution in [3.8, 4) is 5.75 Å². The van der Waals surface area contributed by atoms with E-state index < -0.39 is 0 Å². The molecular formula is C30H39N3O2S. The Labute approximate surface area is 219 Å². The summed E-state index contributed by atoms with van der Waals surface area (Å²) in [7, 11) is 1.71. The van der Waals surface area contributed by atoms with E-state index >= 15 is 0 Å². The number of piperidine rings is 1. The highest BCUT2D eigenvalue weighted by atomic mass is 32.1. The van der Waals surface area contributed by atoms with Gasteiger partial charge in [0.2, 0.25) is 5.91 Å². The average molecular weight is 506 g/mol. The number of anilines is 1. The maximum absolute atomic E-state index is 11.9. The van der Waals surface area contributed by atoms with Gasteiger partial charge in [-0.2, -0.15) is 11.3 Å². The first-order chi connectivity index (χ1) is 17.4. The monoisotopic (exact) mass is 505 g/mol. The molecule has 5 nitrogen and oxygen atoms in total. The van der Waals surface area contributed by atoms with Crippen LogP contribution in [0.25, 0.3) is 0 Å². The number of carbonyl (C=O) groups is 1. The Morgan fingerprint density at radius 2 is 1.86 bits per heavy atom. The minimum atomic E-state index is -0.328. The number of thiophene rings is 1. The number of primary amides is 1. The Hall–Kier alpha value is -2.83. The van der Waals surface area contributed by atoms with Crippen LogP contribution in [-0.2, 0) is 13.0 Å². The van der Waals surface area contributed by atoms with Gasteiger partial charge in [0.25, 0.3) is 0 Å². The molecule has 1 aliphatic rings. The number of nitrogens with two attached hydrogens (primary N) is 1. The van der Waals surface area contributed by atoms with Crippen LogP contribution in [0.2, 0.25) is 0 Å². The van der Waals surface area contributed by atoms with Crippen molar-refractivity contribution in [3.63, 3.8) is 0 Å². The molecule has 1 aliphatic heterocycles. The number of hydrogen-bond donors (Lipinski definition) is 1. The Morgan fingerprint density at radius 1 is 1.14 bits per heavy atom. The van der Waals surface area contributed by atoms with Gasteiger partial charge in [0.05, 0.1) is 7.11 Å². The summed E-state index contributed by atoms with van der Waals surface area (Å²) in [6.07, 6.45) is 4.33. The van der Waals surface area contributed by atoms with Gasteiger partial charge in [-0.1, -0.05) is 12.1 Å². The van der Waals surface area contributed by atoms with Crippen LogP contribution < -0.4 is 15.4 Å². The SMILES string of the molecule is COc1ccc(N(Cc2ccsc2)C2CCN([C@H](C)CCc3ccc(C)c(C(N)=O)c3C)CC2)cc1. The number of ether oxygens (including phenoxy) is 1. The van der Waals surface area contributed by atoms with E-state index in [-0.39, 0.29) is 5.91 Å². The van der Waals surface area contributed by atoms with Crippen molar-refractivity contribution in [2.45, 2.75) is 65.1 Å². The standard InChI is InChI=1S/C30H39N3O2S/c1-21-5-7-25(23(3)29(21)30(31)34)8-6-22(2)32-16-13-27(14-17-32)33(19-24-15-18-36-20-24)26-9-11-28(35-4)12-10-26/h5,7,9-12,15,18,20,22,27H,6,8,13-14,16-17,19H2,1-4H3,(H2,31,34)/t22-/m1/s1. The third-order valence-electron chi connectivity index (χ3n) is 7.76. The second kappa shape index (κ2) is 11.9. The predicted molar refractivity (Wildman–Crippen MR) is 150 cm³/mol. The molecule has 3 aromatic rings. The number of methoxy groups -OCH3 is 1. The van der Waals surface area contributed by atoms with Gasteiger partial charge < -0.3 is 20.3 Å². The second-order valence-electron chi connectivity index (χ2n) is 10.0. The molecule has 0 saturated carbocycles. The van der Waals surface area contributed by atoms with Crippen molar-refractivity contribution in [2.24, 2.45) is 5.73 Å². The fourth-order valence-corrected chi connectivity index (χ4v) is 6.17. The number of aryl methyl sites for hydroxylation is 2. The molecule has 4 rings (SSSR count). The Kier molecular flexibility index (Phi) is 8.70. The molecule has 2 aromatic carbocycles. The molecule has 6 heteroatoms. The second-order valence-corrected chi connectivity index (χ2v) is 10.8. The molecule has 1 atom stereocenters. The number of benzene rings is 2. The molecule has 0 unspecified atom stereocenters. The van der Waals surface area contributed by atoms with Gasteiger partial charge >= 0.3 is 0 Å². The largest absolute Gasteiger partial charge is 0.497 e. The molecule has 1 aromatic heterocycles. The minimum absolute atomic E-state index is 0.328. The van der Waals surface area contributed by atoms with Gasteiger partial charge in [0.1, 0.15) is 5.75 Å². The molecular weight excluding hydrogens is 466 g/mol. The lowest BCUT2D eigenvalue weighted by Crippen LogP contribution is -2.47. The van der Waals surface area contributed by atoms with Crippen molar-refractivity contribution in [1.29, 1.82) is 0 Å². The lowest BCUT2D eigenvalue weighted by Gasteiger charge is -2.42. The molecule has 1 saturated heterocycles. The van der Waals surface area contributed by atoms with E-state index in [0.29, 0.717) is 17.6 Å². The normalized spacial score (nSPS) is 15.6. The molecule has 36 heavy (non-hydrogen) atoms. The summed E-state index contributed by atoms with van der Waals surface area (Å²) in [5, 5.41) is 4.42. The molecule has 0 radical (unpaired) electrons. The fourth-order valence-electron chi connectivity index (χ4n) is 5.51. The Balaban J connectivity index is 1.38. The molecule has 1 amide bonds. The third kappa shape index (κ3) is 6.11. The predicted octanol–water partition coefficient (Wildman–Crippen LogP) is 5.96. The van der Waals surface area contributed by atoms with E-state index in [1.807, 2.05) is 19.9 Å². The lowest BCUT2D eigenvalue weighted by atomic mass is 9.93. The van der Waals surface area contributed by atoms with Gasteiger partial charge in [0.15, 0.2) is 0 Å². The summed E-state index contributed by atoms with van der Waals surface area (Å²) in [6.45, 7) is 9.45. The smallest absolute Gasteiger partial charge is 0.249 e. The molecule has 0 aliphatic carbocycles. The number of nitrogens with zero attached hydrogens (tertiary/aromatic N) is 2. The molecule has 2 heterocycles. The first kappa shape index (κ1) is 26.2. The van der Waals surface area contributed by atoms with E-state index in [4.69, 9.17) is 10.5 Å². The first-order valence-electron chi connectivity index (χ1n) is 12.9. The van der Waals surface area contributed by atoms with Crippen LogP contribution in [0.3, 0.4) is 0 Å². The van der Waals surface area contributed by atoms with E-state index in [0.717, 1.165) is 62.2 Å². The van der Waals surface area contributed by atoms with Crippen molar-refractivity contribution < 1.29 is 9.53 Å². The highest BCUT2D eigenvalue weighted by molar-refractivity contribution is 7.07. The maximum Gasteiger partial charge on any atom is 0.249 e. The highest BCUT2D eigenvalue weighted by Crippen LogP contribution is 2.29. The zero-order valence-corrected chi connectivity index (χ0v) is 22.8. The van der Waals surface area contributed by atoms with Crippen LogP contribution in [0.15, 0.2) is 53.2 Å². The van der Waals surface area contributed by atoms with Crippen LogP contribution in [-0.4, -0.2) is 43.1 Å². The quantitative estimate of drug-likeness (QED) is 0.369. The number of rotatable bonds is 10. The summed E-state index contributed by atoms with van der Waals surface area (Å²) in [4.78, 5) is 17.1. The summed E-state index contributed by atoms with van der Waals surface area (Å²) >= 11 is 1.76.